The van der Waals surface area contributed by atoms with Crippen molar-refractivity contribution in [3.8, 4) is 0 Å². The Morgan fingerprint density at radius 3 is 2.54 bits per heavy atom. The lowest BCUT2D eigenvalue weighted by molar-refractivity contribution is -0.117. The SMILES string of the molecule is CC(C)c1ccccc1NC(=O)[C@@H]1C[C@@H]1CNC(=O)OC(C)(C)C. The van der Waals surface area contributed by atoms with Gasteiger partial charge in [-0.1, -0.05) is 32.0 Å². The Morgan fingerprint density at radius 2 is 1.92 bits per heavy atom. The van der Waals surface area contributed by atoms with Gasteiger partial charge in [0.1, 0.15) is 5.60 Å². The van der Waals surface area contributed by atoms with Gasteiger partial charge in [-0.05, 0) is 50.7 Å². The normalized spacial score (nSPS) is 19.8. The van der Waals surface area contributed by atoms with Gasteiger partial charge < -0.3 is 15.4 Å². The van der Waals surface area contributed by atoms with E-state index in [1.165, 1.54) is 0 Å². The van der Waals surface area contributed by atoms with Gasteiger partial charge in [0.2, 0.25) is 5.91 Å². The van der Waals surface area contributed by atoms with Crippen molar-refractivity contribution in [2.24, 2.45) is 11.8 Å². The second kappa shape index (κ2) is 7.24. The molecule has 132 valence electrons. The van der Waals surface area contributed by atoms with Crippen LogP contribution in [0.3, 0.4) is 0 Å². The molecule has 5 nitrogen and oxygen atoms in total. The van der Waals surface area contributed by atoms with Crippen LogP contribution in [0, 0.1) is 11.8 Å². The zero-order valence-electron chi connectivity index (χ0n) is 15.2. The predicted molar refractivity (Wildman–Crippen MR) is 95.0 cm³/mol. The van der Waals surface area contributed by atoms with Gasteiger partial charge in [-0.25, -0.2) is 4.79 Å². The molecule has 1 aliphatic carbocycles. The average Bonchev–Trinajstić information content (AvgIpc) is 3.23. The van der Waals surface area contributed by atoms with E-state index in [9.17, 15) is 9.59 Å². The Hall–Kier alpha value is -2.04. The van der Waals surface area contributed by atoms with Crippen molar-refractivity contribution in [2.75, 3.05) is 11.9 Å². The molecule has 2 atom stereocenters. The summed E-state index contributed by atoms with van der Waals surface area (Å²) in [6.07, 6.45) is 0.365. The van der Waals surface area contributed by atoms with Gasteiger partial charge >= 0.3 is 6.09 Å². The number of carbonyl (C=O) groups is 2. The molecular weight excluding hydrogens is 304 g/mol. The van der Waals surface area contributed by atoms with Gasteiger partial charge in [-0.2, -0.15) is 0 Å². The summed E-state index contributed by atoms with van der Waals surface area (Å²) in [5, 5.41) is 5.77. The molecular formula is C19H28N2O3. The van der Waals surface area contributed by atoms with Crippen LogP contribution in [0.1, 0.15) is 52.5 Å². The zero-order chi connectivity index (χ0) is 17.9. The zero-order valence-corrected chi connectivity index (χ0v) is 15.2. The van der Waals surface area contributed by atoms with E-state index in [-0.39, 0.29) is 17.7 Å². The molecule has 2 rings (SSSR count). The monoisotopic (exact) mass is 332 g/mol. The molecule has 1 aromatic carbocycles. The molecule has 0 spiro atoms. The van der Waals surface area contributed by atoms with Crippen LogP contribution in [0.2, 0.25) is 0 Å². The third kappa shape index (κ3) is 5.25. The number of hydrogen-bond acceptors (Lipinski definition) is 3. The Bertz CT molecular complexity index is 605. The molecule has 0 saturated heterocycles. The van der Waals surface area contributed by atoms with Crippen molar-refractivity contribution in [3.63, 3.8) is 0 Å². The minimum Gasteiger partial charge on any atom is -0.444 e. The highest BCUT2D eigenvalue weighted by Crippen LogP contribution is 2.39. The van der Waals surface area contributed by atoms with Crippen molar-refractivity contribution in [3.05, 3.63) is 29.8 Å². The topological polar surface area (TPSA) is 67.4 Å². The summed E-state index contributed by atoms with van der Waals surface area (Å²) < 4.78 is 5.20. The minimum atomic E-state index is -0.509. The quantitative estimate of drug-likeness (QED) is 0.859. The second-order valence-corrected chi connectivity index (χ2v) is 7.72. The highest BCUT2D eigenvalue weighted by atomic mass is 16.6. The molecule has 0 radical (unpaired) electrons. The molecule has 1 aliphatic rings. The van der Waals surface area contributed by atoms with Crippen LogP contribution in [0.15, 0.2) is 24.3 Å². The highest BCUT2D eigenvalue weighted by Gasteiger charge is 2.43. The van der Waals surface area contributed by atoms with E-state index in [1.807, 2.05) is 45.0 Å². The summed E-state index contributed by atoms with van der Waals surface area (Å²) in [7, 11) is 0. The summed E-state index contributed by atoms with van der Waals surface area (Å²) in [5.41, 5.74) is 1.50. The molecule has 2 N–H and O–H groups in total. The first-order valence-corrected chi connectivity index (χ1v) is 8.54. The van der Waals surface area contributed by atoms with Crippen molar-refractivity contribution in [1.82, 2.24) is 5.32 Å². The summed E-state index contributed by atoms with van der Waals surface area (Å²) in [4.78, 5) is 24.0. The molecule has 5 heteroatoms. The number of amides is 2. The van der Waals surface area contributed by atoms with E-state index >= 15 is 0 Å². The fraction of sp³-hybridized carbons (Fsp3) is 0.579. The third-order valence-electron chi connectivity index (χ3n) is 4.01. The molecule has 0 heterocycles. The summed E-state index contributed by atoms with van der Waals surface area (Å²) in [5.74, 6) is 0.522. The van der Waals surface area contributed by atoms with E-state index in [0.29, 0.717) is 12.5 Å². The van der Waals surface area contributed by atoms with Crippen molar-refractivity contribution in [1.29, 1.82) is 0 Å². The Balaban J connectivity index is 1.81. The first kappa shape index (κ1) is 18.3. The lowest BCUT2D eigenvalue weighted by atomic mass is 10.0. The first-order chi connectivity index (χ1) is 11.2. The number of hydrogen-bond donors (Lipinski definition) is 2. The number of carbonyl (C=O) groups excluding carboxylic acids is 2. The number of anilines is 1. The lowest BCUT2D eigenvalue weighted by Crippen LogP contribution is -2.34. The summed E-state index contributed by atoms with van der Waals surface area (Å²) in [6, 6.07) is 7.88. The fourth-order valence-corrected chi connectivity index (χ4v) is 2.66. The maximum Gasteiger partial charge on any atom is 0.407 e. The molecule has 24 heavy (non-hydrogen) atoms. The molecule has 1 saturated carbocycles. The number of para-hydroxylation sites is 1. The van der Waals surface area contributed by atoms with Crippen LogP contribution in [0.25, 0.3) is 0 Å². The van der Waals surface area contributed by atoms with Gasteiger partial charge in [0.25, 0.3) is 0 Å². The third-order valence-corrected chi connectivity index (χ3v) is 4.01. The Labute approximate surface area is 144 Å². The highest BCUT2D eigenvalue weighted by molar-refractivity contribution is 5.95. The van der Waals surface area contributed by atoms with E-state index in [1.54, 1.807) is 0 Å². The molecule has 1 aromatic rings. The molecule has 1 fully saturated rings. The van der Waals surface area contributed by atoms with E-state index in [4.69, 9.17) is 4.74 Å². The smallest absolute Gasteiger partial charge is 0.407 e. The van der Waals surface area contributed by atoms with Crippen LogP contribution in [-0.2, 0) is 9.53 Å². The van der Waals surface area contributed by atoms with Crippen LogP contribution >= 0.6 is 0 Å². The number of nitrogens with one attached hydrogen (secondary N) is 2. The summed E-state index contributed by atoms with van der Waals surface area (Å²) in [6.45, 7) is 10.2. The van der Waals surface area contributed by atoms with Crippen molar-refractivity contribution >= 4 is 17.7 Å². The van der Waals surface area contributed by atoms with Crippen LogP contribution in [-0.4, -0.2) is 24.1 Å². The van der Waals surface area contributed by atoms with E-state index in [0.717, 1.165) is 17.7 Å². The van der Waals surface area contributed by atoms with E-state index in [2.05, 4.69) is 24.5 Å². The van der Waals surface area contributed by atoms with Crippen LogP contribution in [0.5, 0.6) is 0 Å². The predicted octanol–water partition coefficient (Wildman–Crippen LogP) is 3.91. The number of alkyl carbamates (subject to hydrolysis) is 1. The molecule has 0 bridgehead atoms. The number of ether oxygens (including phenoxy) is 1. The standard InChI is InChI=1S/C19H28N2O3/c1-12(2)14-8-6-7-9-16(14)21-17(22)15-10-13(15)11-20-18(23)24-19(3,4)5/h6-9,12-13,15H,10-11H2,1-5H3,(H,20,23)(H,21,22)/t13-,15-/m1/s1. The van der Waals surface area contributed by atoms with Crippen LogP contribution in [0.4, 0.5) is 10.5 Å². The first-order valence-electron chi connectivity index (χ1n) is 8.54. The summed E-state index contributed by atoms with van der Waals surface area (Å²) >= 11 is 0. The molecule has 0 aliphatic heterocycles. The van der Waals surface area contributed by atoms with Gasteiger partial charge in [-0.15, -0.1) is 0 Å². The van der Waals surface area contributed by atoms with E-state index < -0.39 is 11.7 Å². The van der Waals surface area contributed by atoms with Crippen LogP contribution < -0.4 is 10.6 Å². The van der Waals surface area contributed by atoms with Gasteiger partial charge in [0, 0.05) is 18.2 Å². The average molecular weight is 332 g/mol. The Kier molecular flexibility index (Phi) is 5.52. The van der Waals surface area contributed by atoms with Gasteiger partial charge in [0.05, 0.1) is 0 Å². The largest absolute Gasteiger partial charge is 0.444 e. The number of rotatable bonds is 5. The minimum absolute atomic E-state index is 0.0269. The number of benzene rings is 1. The lowest BCUT2D eigenvalue weighted by Gasteiger charge is -2.19. The molecule has 0 unspecified atom stereocenters. The van der Waals surface area contributed by atoms with Gasteiger partial charge in [0.15, 0.2) is 0 Å². The fourth-order valence-electron chi connectivity index (χ4n) is 2.66. The maximum atomic E-state index is 12.4. The molecule has 0 aromatic heterocycles. The Morgan fingerprint density at radius 1 is 1.25 bits per heavy atom. The molecule has 2 amide bonds. The van der Waals surface area contributed by atoms with Crippen molar-refractivity contribution < 1.29 is 14.3 Å². The second-order valence-electron chi connectivity index (χ2n) is 7.72. The van der Waals surface area contributed by atoms with Gasteiger partial charge in [-0.3, -0.25) is 4.79 Å². The maximum absolute atomic E-state index is 12.4. The van der Waals surface area contributed by atoms with Crippen molar-refractivity contribution in [2.45, 2.75) is 52.6 Å².